The molecule has 0 aliphatic carbocycles. The number of carbonyl (C=O) groups excluding carboxylic acids is 2. The number of unbranched alkanes of at least 4 members (excludes halogenated alkanes) is 46. The summed E-state index contributed by atoms with van der Waals surface area (Å²) in [6.07, 6.45) is 73.5. The third-order valence-corrected chi connectivity index (χ3v) is 14.7. The summed E-state index contributed by atoms with van der Waals surface area (Å²) in [6, 6.07) is -0.632. The number of rotatable bonds is 59. The first-order valence-corrected chi connectivity index (χ1v) is 31.6. The molecule has 414 valence electrons. The van der Waals surface area contributed by atoms with Gasteiger partial charge in [0.25, 0.3) is 0 Å². The predicted molar refractivity (Wildman–Crippen MR) is 306 cm³/mol. The molecule has 0 radical (unpaired) electrons. The Kier molecular flexibility index (Phi) is 58.5. The number of carbonyl (C=O) groups is 2. The number of esters is 1. The number of aliphatic hydroxyl groups is 2. The zero-order chi connectivity index (χ0) is 50.7. The molecule has 2 unspecified atom stereocenters. The molecule has 0 bridgehead atoms. The molecule has 0 heterocycles. The fraction of sp³-hybridized carbons (Fsp3) is 0.906. The summed E-state index contributed by atoms with van der Waals surface area (Å²) in [4.78, 5) is 24.6. The van der Waals surface area contributed by atoms with Gasteiger partial charge in [-0.2, -0.15) is 0 Å². The molecule has 0 saturated heterocycles. The first-order chi connectivity index (χ1) is 34.5. The molecule has 3 N–H and O–H groups in total. The van der Waals surface area contributed by atoms with Crippen molar-refractivity contribution >= 4 is 11.9 Å². The van der Waals surface area contributed by atoms with E-state index in [-0.39, 0.29) is 18.5 Å². The van der Waals surface area contributed by atoms with Crippen molar-refractivity contribution in [1.82, 2.24) is 5.32 Å². The minimum Gasteiger partial charge on any atom is -0.466 e. The average molecular weight is 987 g/mol. The van der Waals surface area contributed by atoms with Crippen LogP contribution in [0.25, 0.3) is 0 Å². The molecule has 0 spiro atoms. The van der Waals surface area contributed by atoms with Crippen molar-refractivity contribution in [3.05, 3.63) is 24.3 Å². The van der Waals surface area contributed by atoms with Crippen LogP contribution in [0, 0.1) is 0 Å². The second-order valence-corrected chi connectivity index (χ2v) is 21.7. The van der Waals surface area contributed by atoms with Crippen molar-refractivity contribution in [1.29, 1.82) is 0 Å². The lowest BCUT2D eigenvalue weighted by Crippen LogP contribution is -2.45. The molecule has 2 atom stereocenters. The third kappa shape index (κ3) is 55.7. The minimum absolute atomic E-state index is 0.00462. The van der Waals surface area contributed by atoms with Crippen molar-refractivity contribution in [2.75, 3.05) is 13.2 Å². The second-order valence-electron chi connectivity index (χ2n) is 21.7. The van der Waals surface area contributed by atoms with E-state index < -0.39 is 12.1 Å². The van der Waals surface area contributed by atoms with Crippen LogP contribution in [0.3, 0.4) is 0 Å². The van der Waals surface area contributed by atoms with Gasteiger partial charge in [-0.05, 0) is 57.8 Å². The van der Waals surface area contributed by atoms with E-state index in [0.717, 1.165) is 44.9 Å². The third-order valence-electron chi connectivity index (χ3n) is 14.7. The summed E-state index contributed by atoms with van der Waals surface area (Å²) in [6.45, 7) is 4.91. The second kappa shape index (κ2) is 59.9. The fourth-order valence-electron chi connectivity index (χ4n) is 9.87. The van der Waals surface area contributed by atoms with Crippen LogP contribution in [-0.4, -0.2) is 47.4 Å². The van der Waals surface area contributed by atoms with Crippen LogP contribution in [0.2, 0.25) is 0 Å². The van der Waals surface area contributed by atoms with Gasteiger partial charge in [0.2, 0.25) is 5.91 Å². The summed E-state index contributed by atoms with van der Waals surface area (Å²) in [5.74, 6) is -0.0662. The maximum Gasteiger partial charge on any atom is 0.305 e. The fourth-order valence-corrected chi connectivity index (χ4v) is 9.87. The minimum atomic E-state index is -0.848. The summed E-state index contributed by atoms with van der Waals surface area (Å²) < 4.78 is 5.50. The van der Waals surface area contributed by atoms with E-state index in [9.17, 15) is 19.8 Å². The van der Waals surface area contributed by atoms with E-state index in [4.69, 9.17) is 4.74 Å². The normalized spacial score (nSPS) is 12.7. The highest BCUT2D eigenvalue weighted by atomic mass is 16.5. The van der Waals surface area contributed by atoms with E-state index in [1.54, 1.807) is 6.08 Å². The first kappa shape index (κ1) is 68.3. The van der Waals surface area contributed by atoms with Gasteiger partial charge < -0.3 is 20.3 Å². The van der Waals surface area contributed by atoms with Gasteiger partial charge in [-0.1, -0.05) is 301 Å². The van der Waals surface area contributed by atoms with Gasteiger partial charge in [0, 0.05) is 12.8 Å². The van der Waals surface area contributed by atoms with E-state index in [2.05, 4.69) is 31.3 Å². The molecule has 0 aromatic carbocycles. The van der Waals surface area contributed by atoms with Crippen molar-refractivity contribution < 1.29 is 24.5 Å². The highest BCUT2D eigenvalue weighted by molar-refractivity contribution is 5.76. The molecular weight excluding hydrogens is 863 g/mol. The van der Waals surface area contributed by atoms with Gasteiger partial charge in [-0.15, -0.1) is 0 Å². The molecule has 0 fully saturated rings. The van der Waals surface area contributed by atoms with Crippen LogP contribution >= 0.6 is 0 Å². The van der Waals surface area contributed by atoms with E-state index >= 15 is 0 Å². The summed E-state index contributed by atoms with van der Waals surface area (Å²) in [5.41, 5.74) is 0. The summed E-state index contributed by atoms with van der Waals surface area (Å²) in [5, 5.41) is 23.2. The van der Waals surface area contributed by atoms with E-state index in [0.29, 0.717) is 19.4 Å². The predicted octanol–water partition coefficient (Wildman–Crippen LogP) is 19.8. The lowest BCUT2D eigenvalue weighted by Gasteiger charge is -2.20. The van der Waals surface area contributed by atoms with Gasteiger partial charge in [-0.25, -0.2) is 0 Å². The molecule has 0 rings (SSSR count). The number of allylic oxidation sites excluding steroid dienone is 3. The van der Waals surface area contributed by atoms with Crippen molar-refractivity contribution in [3.8, 4) is 0 Å². The van der Waals surface area contributed by atoms with E-state index in [1.807, 2.05) is 6.08 Å². The number of hydrogen-bond acceptors (Lipinski definition) is 5. The van der Waals surface area contributed by atoms with Crippen LogP contribution in [0.4, 0.5) is 0 Å². The largest absolute Gasteiger partial charge is 0.466 e. The summed E-state index contributed by atoms with van der Waals surface area (Å²) >= 11 is 0. The molecule has 6 heteroatoms. The van der Waals surface area contributed by atoms with Crippen LogP contribution < -0.4 is 5.32 Å². The Bertz CT molecular complexity index is 1090. The van der Waals surface area contributed by atoms with Gasteiger partial charge in [0.05, 0.1) is 25.4 Å². The molecule has 1 amide bonds. The number of amides is 1. The molecule has 0 aliphatic heterocycles. The Morgan fingerprint density at radius 3 is 1.01 bits per heavy atom. The lowest BCUT2D eigenvalue weighted by atomic mass is 10.0. The number of hydrogen-bond donors (Lipinski definition) is 3. The van der Waals surface area contributed by atoms with Crippen LogP contribution in [0.5, 0.6) is 0 Å². The first-order valence-electron chi connectivity index (χ1n) is 31.6. The monoisotopic (exact) mass is 986 g/mol. The Hall–Kier alpha value is -1.66. The highest BCUT2D eigenvalue weighted by Gasteiger charge is 2.18. The van der Waals surface area contributed by atoms with Gasteiger partial charge in [0.15, 0.2) is 0 Å². The Morgan fingerprint density at radius 2 is 0.671 bits per heavy atom. The Labute approximate surface area is 437 Å². The molecule has 6 nitrogen and oxygen atoms in total. The maximum absolute atomic E-state index is 12.5. The quantitative estimate of drug-likeness (QED) is 0.0321. The van der Waals surface area contributed by atoms with Gasteiger partial charge in [-0.3, -0.25) is 9.59 Å². The van der Waals surface area contributed by atoms with Gasteiger partial charge >= 0.3 is 5.97 Å². The Balaban J connectivity index is 3.42. The number of ether oxygens (including phenoxy) is 1. The zero-order valence-corrected chi connectivity index (χ0v) is 47.3. The van der Waals surface area contributed by atoms with Crippen molar-refractivity contribution in [2.45, 2.75) is 360 Å². The smallest absolute Gasteiger partial charge is 0.305 e. The van der Waals surface area contributed by atoms with Crippen LogP contribution in [0.1, 0.15) is 348 Å². The molecule has 0 aliphatic rings. The molecule has 0 saturated carbocycles. The Morgan fingerprint density at radius 1 is 0.386 bits per heavy atom. The average Bonchev–Trinajstić information content (AvgIpc) is 3.36. The van der Waals surface area contributed by atoms with E-state index in [1.165, 1.54) is 276 Å². The SMILES string of the molecule is CCCCCCCC/C=C\CCCCCCCCCCCC(=O)OCCCCCCCCCCCCCCCCCCCC(=O)NC(CO)C(O)/C=C/CCCCCCCCCCCCCCCCC. The zero-order valence-electron chi connectivity index (χ0n) is 47.3. The summed E-state index contributed by atoms with van der Waals surface area (Å²) in [7, 11) is 0. The highest BCUT2D eigenvalue weighted by Crippen LogP contribution is 2.18. The topological polar surface area (TPSA) is 95.9 Å². The molecular formula is C64H123NO5. The molecule has 0 aromatic heterocycles. The number of aliphatic hydroxyl groups excluding tert-OH is 2. The van der Waals surface area contributed by atoms with Crippen LogP contribution in [0.15, 0.2) is 24.3 Å². The standard InChI is InChI=1S/C64H123NO5/c1-3-5-7-9-11-13-15-17-19-21-22-26-30-34-38-42-46-50-54-58-64(69)70-59-55-51-47-43-39-35-31-27-23-25-29-33-37-41-45-49-53-57-63(68)65-61(60-66)62(67)56-52-48-44-40-36-32-28-24-20-18-16-14-12-10-8-6-4-2/h17,19,52,56,61-62,66-67H,3-16,18,20-51,53-55,57-60H2,1-2H3,(H,65,68)/b19-17-,56-52+. The van der Waals surface area contributed by atoms with Gasteiger partial charge in [0.1, 0.15) is 0 Å². The van der Waals surface area contributed by atoms with Crippen molar-refractivity contribution in [3.63, 3.8) is 0 Å². The maximum atomic E-state index is 12.5. The molecule has 0 aromatic rings. The van der Waals surface area contributed by atoms with Crippen molar-refractivity contribution in [2.24, 2.45) is 0 Å². The van der Waals surface area contributed by atoms with Crippen LogP contribution in [-0.2, 0) is 14.3 Å². The molecule has 70 heavy (non-hydrogen) atoms. The number of nitrogens with one attached hydrogen (secondary N) is 1. The lowest BCUT2D eigenvalue weighted by molar-refractivity contribution is -0.143.